The molecule has 0 aliphatic rings. The number of rotatable bonds is 5. The molecule has 0 aromatic heterocycles. The first-order chi connectivity index (χ1) is 8.54. The highest BCUT2D eigenvalue weighted by molar-refractivity contribution is 6.05. The van der Waals surface area contributed by atoms with Crippen molar-refractivity contribution in [2.45, 2.75) is 12.1 Å². The van der Waals surface area contributed by atoms with E-state index in [9.17, 15) is 9.59 Å². The van der Waals surface area contributed by atoms with Gasteiger partial charge in [-0.05, 0) is 5.56 Å². The van der Waals surface area contributed by atoms with Gasteiger partial charge in [0.1, 0.15) is 6.61 Å². The summed E-state index contributed by atoms with van der Waals surface area (Å²) in [6, 6.07) is 9.02. The summed E-state index contributed by atoms with van der Waals surface area (Å²) in [4.78, 5) is 23.1. The van der Waals surface area contributed by atoms with E-state index in [0.717, 1.165) is 12.7 Å². The lowest BCUT2D eigenvalue weighted by Gasteiger charge is -2.22. The summed E-state index contributed by atoms with van der Waals surface area (Å²) in [5, 5.41) is 0. The number of hydrogen-bond acceptors (Lipinski definition) is 6. The molecule has 0 aliphatic carbocycles. The smallest absolute Gasteiger partial charge is 0.339 e. The van der Waals surface area contributed by atoms with Crippen LogP contribution in [0.2, 0.25) is 0 Å². The van der Waals surface area contributed by atoms with Crippen molar-refractivity contribution >= 4 is 11.9 Å². The Morgan fingerprint density at radius 2 is 1.83 bits per heavy atom. The molecular formula is C12H16N2O4. The molecule has 1 aromatic carbocycles. The first kappa shape index (κ1) is 14.1. The highest BCUT2D eigenvalue weighted by Crippen LogP contribution is 2.08. The zero-order valence-corrected chi connectivity index (χ0v) is 10.1. The minimum Gasteiger partial charge on any atom is -0.467 e. The molecule has 0 saturated heterocycles. The van der Waals surface area contributed by atoms with Crippen LogP contribution in [0.5, 0.6) is 0 Å². The van der Waals surface area contributed by atoms with Crippen molar-refractivity contribution in [1.29, 1.82) is 0 Å². The van der Waals surface area contributed by atoms with E-state index in [-0.39, 0.29) is 13.2 Å². The highest BCUT2D eigenvalue weighted by Gasteiger charge is 2.43. The molecule has 1 rings (SSSR count). The van der Waals surface area contributed by atoms with Crippen molar-refractivity contribution in [3.8, 4) is 0 Å². The average Bonchev–Trinajstić information content (AvgIpc) is 2.43. The van der Waals surface area contributed by atoms with Crippen LogP contribution in [0.3, 0.4) is 0 Å². The predicted octanol–water partition coefficient (Wildman–Crippen LogP) is -0.441. The van der Waals surface area contributed by atoms with Crippen LogP contribution in [0.1, 0.15) is 5.56 Å². The van der Waals surface area contributed by atoms with Gasteiger partial charge < -0.3 is 20.9 Å². The first-order valence-electron chi connectivity index (χ1n) is 5.33. The predicted molar refractivity (Wildman–Crippen MR) is 64.2 cm³/mol. The van der Waals surface area contributed by atoms with Crippen molar-refractivity contribution in [3.05, 3.63) is 35.9 Å². The average molecular weight is 252 g/mol. The lowest BCUT2D eigenvalue weighted by molar-refractivity contribution is -0.163. The quantitative estimate of drug-likeness (QED) is 0.543. The second-order valence-corrected chi connectivity index (χ2v) is 3.73. The Kier molecular flexibility index (Phi) is 4.82. The van der Waals surface area contributed by atoms with Crippen LogP contribution >= 0.6 is 0 Å². The number of ether oxygens (including phenoxy) is 2. The molecule has 98 valence electrons. The molecule has 0 spiro atoms. The monoisotopic (exact) mass is 252 g/mol. The van der Waals surface area contributed by atoms with Gasteiger partial charge in [0.05, 0.1) is 7.11 Å². The molecule has 0 fully saturated rings. The van der Waals surface area contributed by atoms with Crippen LogP contribution in [0, 0.1) is 0 Å². The van der Waals surface area contributed by atoms with Crippen LogP contribution in [-0.2, 0) is 25.7 Å². The summed E-state index contributed by atoms with van der Waals surface area (Å²) in [6.45, 7) is -0.358. The number of methoxy groups -OCH3 is 1. The summed E-state index contributed by atoms with van der Waals surface area (Å²) in [5.74, 6) is -1.82. The molecule has 1 aromatic rings. The Bertz CT molecular complexity index is 421. The second-order valence-electron chi connectivity index (χ2n) is 3.73. The van der Waals surface area contributed by atoms with E-state index >= 15 is 0 Å². The van der Waals surface area contributed by atoms with E-state index in [0.29, 0.717) is 0 Å². The molecule has 0 radical (unpaired) electrons. The van der Waals surface area contributed by atoms with E-state index in [4.69, 9.17) is 16.2 Å². The Morgan fingerprint density at radius 1 is 1.22 bits per heavy atom. The molecule has 0 amide bonds. The number of nitrogens with two attached hydrogens (primary N) is 2. The first-order valence-corrected chi connectivity index (χ1v) is 5.33. The van der Waals surface area contributed by atoms with Gasteiger partial charge in [0.2, 0.25) is 5.54 Å². The number of esters is 2. The summed E-state index contributed by atoms with van der Waals surface area (Å²) in [7, 11) is 1.13. The molecule has 0 bridgehead atoms. The van der Waals surface area contributed by atoms with E-state index in [1.54, 1.807) is 12.1 Å². The van der Waals surface area contributed by atoms with Gasteiger partial charge in [0.15, 0.2) is 0 Å². The molecule has 6 heteroatoms. The van der Waals surface area contributed by atoms with Gasteiger partial charge in [-0.2, -0.15) is 0 Å². The van der Waals surface area contributed by atoms with Crippen LogP contribution < -0.4 is 11.5 Å². The fourth-order valence-electron chi connectivity index (χ4n) is 1.28. The van der Waals surface area contributed by atoms with Crippen LogP contribution in [0.15, 0.2) is 30.3 Å². The summed E-state index contributed by atoms with van der Waals surface area (Å²) >= 11 is 0. The molecule has 18 heavy (non-hydrogen) atoms. The van der Waals surface area contributed by atoms with Crippen molar-refractivity contribution < 1.29 is 19.1 Å². The van der Waals surface area contributed by atoms with Gasteiger partial charge in [-0.15, -0.1) is 0 Å². The lowest BCUT2D eigenvalue weighted by atomic mass is 10.0. The summed E-state index contributed by atoms with van der Waals surface area (Å²) in [6.07, 6.45) is 0. The zero-order chi connectivity index (χ0) is 13.6. The Morgan fingerprint density at radius 3 is 2.33 bits per heavy atom. The third kappa shape index (κ3) is 3.06. The number of carbonyl (C=O) groups is 2. The third-order valence-electron chi connectivity index (χ3n) is 2.45. The number of hydrogen-bond donors (Lipinski definition) is 2. The van der Waals surface area contributed by atoms with Crippen LogP contribution in [0.25, 0.3) is 0 Å². The molecule has 1 unspecified atom stereocenters. The van der Waals surface area contributed by atoms with Gasteiger partial charge in [0, 0.05) is 6.54 Å². The largest absolute Gasteiger partial charge is 0.467 e. The Balaban J connectivity index is 2.67. The number of benzene rings is 1. The molecule has 0 aliphatic heterocycles. The van der Waals surface area contributed by atoms with E-state index < -0.39 is 17.5 Å². The maximum absolute atomic E-state index is 11.7. The molecule has 1 atom stereocenters. The number of carbonyl (C=O) groups excluding carboxylic acids is 2. The highest BCUT2D eigenvalue weighted by atomic mass is 16.6. The Hall–Kier alpha value is -1.92. The lowest BCUT2D eigenvalue weighted by Crippen LogP contribution is -2.61. The maximum Gasteiger partial charge on any atom is 0.339 e. The van der Waals surface area contributed by atoms with Crippen LogP contribution in [-0.4, -0.2) is 31.1 Å². The standard InChI is InChI=1S/C12H16N2O4/c1-17-10(15)12(14,8-13)11(16)18-7-9-5-3-2-4-6-9/h2-6H,7-8,13-14H2,1H3. The van der Waals surface area contributed by atoms with Gasteiger partial charge in [-0.25, -0.2) is 9.59 Å². The molecule has 6 nitrogen and oxygen atoms in total. The van der Waals surface area contributed by atoms with Gasteiger partial charge in [-0.1, -0.05) is 30.3 Å². The topological polar surface area (TPSA) is 105 Å². The molecule has 4 N–H and O–H groups in total. The van der Waals surface area contributed by atoms with Crippen molar-refractivity contribution in [2.75, 3.05) is 13.7 Å². The van der Waals surface area contributed by atoms with Gasteiger partial charge in [-0.3, -0.25) is 0 Å². The minimum absolute atomic E-state index is 0.0234. The zero-order valence-electron chi connectivity index (χ0n) is 10.1. The fraction of sp³-hybridized carbons (Fsp3) is 0.333. The summed E-state index contributed by atoms with van der Waals surface area (Å²) < 4.78 is 9.40. The van der Waals surface area contributed by atoms with Crippen molar-refractivity contribution in [3.63, 3.8) is 0 Å². The van der Waals surface area contributed by atoms with E-state index in [1.165, 1.54) is 0 Å². The van der Waals surface area contributed by atoms with E-state index in [2.05, 4.69) is 4.74 Å². The normalized spacial score (nSPS) is 13.5. The molecule has 0 saturated carbocycles. The van der Waals surface area contributed by atoms with E-state index in [1.807, 2.05) is 18.2 Å². The molecule has 0 heterocycles. The second kappa shape index (κ2) is 6.13. The fourth-order valence-corrected chi connectivity index (χ4v) is 1.28. The maximum atomic E-state index is 11.7. The van der Waals surface area contributed by atoms with Gasteiger partial charge >= 0.3 is 11.9 Å². The van der Waals surface area contributed by atoms with Gasteiger partial charge in [0.25, 0.3) is 0 Å². The SMILES string of the molecule is COC(=O)C(N)(CN)C(=O)OCc1ccccc1. The van der Waals surface area contributed by atoms with Crippen molar-refractivity contribution in [1.82, 2.24) is 0 Å². The third-order valence-corrected chi connectivity index (χ3v) is 2.45. The van der Waals surface area contributed by atoms with Crippen LogP contribution in [0.4, 0.5) is 0 Å². The summed E-state index contributed by atoms with van der Waals surface area (Å²) in [5.41, 5.74) is 9.74. The Labute approximate surface area is 105 Å². The molecular weight excluding hydrogens is 236 g/mol. The minimum atomic E-state index is -1.95. The van der Waals surface area contributed by atoms with Crippen molar-refractivity contribution in [2.24, 2.45) is 11.5 Å².